The van der Waals surface area contributed by atoms with Crippen molar-refractivity contribution in [1.82, 2.24) is 14.9 Å². The quantitative estimate of drug-likeness (QED) is 0.629. The third-order valence-electron chi connectivity index (χ3n) is 2.42. The van der Waals surface area contributed by atoms with Gasteiger partial charge in [-0.3, -0.25) is 14.3 Å². The van der Waals surface area contributed by atoms with Gasteiger partial charge in [0.05, 0.1) is 0 Å². The average Bonchev–Trinajstić information content (AvgIpc) is 2.30. The number of rotatable bonds is 7. The van der Waals surface area contributed by atoms with Crippen LogP contribution in [0.3, 0.4) is 0 Å². The molecule has 0 aliphatic heterocycles. The maximum absolute atomic E-state index is 11.4. The molecule has 0 bridgehead atoms. The summed E-state index contributed by atoms with van der Waals surface area (Å²) < 4.78 is 6.42. The van der Waals surface area contributed by atoms with Crippen molar-refractivity contribution < 1.29 is 4.74 Å². The van der Waals surface area contributed by atoms with E-state index < -0.39 is 0 Å². The van der Waals surface area contributed by atoms with E-state index in [0.717, 1.165) is 19.6 Å². The van der Waals surface area contributed by atoms with Crippen LogP contribution in [-0.4, -0.2) is 36.4 Å². The highest BCUT2D eigenvalue weighted by atomic mass is 16.5. The Bertz CT molecular complexity index is 450. The third kappa shape index (κ3) is 4.54. The van der Waals surface area contributed by atoms with Crippen molar-refractivity contribution >= 4 is 0 Å². The Labute approximate surface area is 99.6 Å². The van der Waals surface area contributed by atoms with Crippen LogP contribution in [0.4, 0.5) is 0 Å². The van der Waals surface area contributed by atoms with E-state index in [9.17, 15) is 9.59 Å². The summed E-state index contributed by atoms with van der Waals surface area (Å²) in [6.45, 7) is 4.50. The highest BCUT2D eigenvalue weighted by Crippen LogP contribution is 1.84. The van der Waals surface area contributed by atoms with Crippen LogP contribution in [0.5, 0.6) is 0 Å². The fraction of sp³-hybridized carbons (Fsp3) is 0.636. The van der Waals surface area contributed by atoms with Gasteiger partial charge in [-0.1, -0.05) is 0 Å². The Morgan fingerprint density at radius 3 is 2.88 bits per heavy atom. The molecule has 2 N–H and O–H groups in total. The van der Waals surface area contributed by atoms with E-state index in [2.05, 4.69) is 10.3 Å². The second-order valence-electron chi connectivity index (χ2n) is 3.86. The average molecular weight is 241 g/mol. The molecule has 0 fully saturated rings. The number of aromatic nitrogens is 2. The molecule has 1 heterocycles. The second-order valence-corrected chi connectivity index (χ2v) is 3.86. The lowest BCUT2D eigenvalue weighted by Crippen LogP contribution is -2.33. The predicted octanol–water partition coefficient (Wildman–Crippen LogP) is -0.529. The first-order chi connectivity index (χ1) is 8.15. The standard InChI is InChI=1S/C11H19N3O3/c1-9-8-14(11(16)13-10(9)15)6-5-12-4-3-7-17-2/h8,12H,3-7H2,1-2H3,(H,13,15,16). The lowest BCUT2D eigenvalue weighted by atomic mass is 10.4. The summed E-state index contributed by atoms with van der Waals surface area (Å²) in [5, 5.41) is 3.20. The van der Waals surface area contributed by atoms with E-state index in [1.54, 1.807) is 20.2 Å². The molecule has 17 heavy (non-hydrogen) atoms. The molecule has 0 atom stereocenters. The molecule has 96 valence electrons. The van der Waals surface area contributed by atoms with E-state index in [-0.39, 0.29) is 11.2 Å². The minimum atomic E-state index is -0.362. The van der Waals surface area contributed by atoms with Crippen LogP contribution in [0.1, 0.15) is 12.0 Å². The number of methoxy groups -OCH3 is 1. The van der Waals surface area contributed by atoms with Crippen LogP contribution in [0.25, 0.3) is 0 Å². The van der Waals surface area contributed by atoms with Crippen molar-refractivity contribution in [3.63, 3.8) is 0 Å². The molecule has 1 aromatic heterocycles. The Morgan fingerprint density at radius 2 is 2.18 bits per heavy atom. The van der Waals surface area contributed by atoms with Crippen molar-refractivity contribution in [1.29, 1.82) is 0 Å². The van der Waals surface area contributed by atoms with Gasteiger partial charge in [0.15, 0.2) is 0 Å². The molecule has 1 aromatic rings. The van der Waals surface area contributed by atoms with Crippen LogP contribution >= 0.6 is 0 Å². The summed E-state index contributed by atoms with van der Waals surface area (Å²) in [4.78, 5) is 24.8. The SMILES string of the molecule is COCCCNCCn1cc(C)c(=O)[nH]c1=O. The Morgan fingerprint density at radius 1 is 1.41 bits per heavy atom. The highest BCUT2D eigenvalue weighted by Gasteiger charge is 1.99. The number of nitrogens with zero attached hydrogens (tertiary/aromatic N) is 1. The molecule has 0 aromatic carbocycles. The molecule has 0 saturated heterocycles. The van der Waals surface area contributed by atoms with Gasteiger partial charge in [-0.15, -0.1) is 0 Å². The van der Waals surface area contributed by atoms with Crippen LogP contribution in [-0.2, 0) is 11.3 Å². The number of nitrogens with one attached hydrogen (secondary N) is 2. The lowest BCUT2D eigenvalue weighted by Gasteiger charge is -2.07. The van der Waals surface area contributed by atoms with Crippen LogP contribution in [0.2, 0.25) is 0 Å². The van der Waals surface area contributed by atoms with Gasteiger partial charge in [0.1, 0.15) is 0 Å². The number of hydrogen-bond acceptors (Lipinski definition) is 4. The zero-order valence-electron chi connectivity index (χ0n) is 10.3. The third-order valence-corrected chi connectivity index (χ3v) is 2.42. The number of aryl methyl sites for hydroxylation is 1. The fourth-order valence-corrected chi connectivity index (χ4v) is 1.45. The molecule has 6 heteroatoms. The van der Waals surface area contributed by atoms with Crippen LogP contribution < -0.4 is 16.6 Å². The molecule has 0 amide bonds. The first-order valence-electron chi connectivity index (χ1n) is 5.65. The highest BCUT2D eigenvalue weighted by molar-refractivity contribution is 5.00. The number of H-pyrrole nitrogens is 1. The van der Waals surface area contributed by atoms with Gasteiger partial charge in [0, 0.05) is 38.6 Å². The maximum atomic E-state index is 11.4. The van der Waals surface area contributed by atoms with Crippen molar-refractivity contribution in [3.8, 4) is 0 Å². The first kappa shape index (κ1) is 13.7. The smallest absolute Gasteiger partial charge is 0.328 e. The minimum absolute atomic E-state index is 0.320. The molecule has 0 unspecified atom stereocenters. The van der Waals surface area contributed by atoms with Gasteiger partial charge in [0.25, 0.3) is 5.56 Å². The Kier molecular flexibility index (Phi) is 5.65. The molecular weight excluding hydrogens is 222 g/mol. The Hall–Kier alpha value is -1.40. The molecule has 1 rings (SSSR count). The van der Waals surface area contributed by atoms with E-state index in [1.165, 1.54) is 4.57 Å². The van der Waals surface area contributed by atoms with E-state index in [0.29, 0.717) is 18.7 Å². The summed E-state index contributed by atoms with van der Waals surface area (Å²) in [5.74, 6) is 0. The fourth-order valence-electron chi connectivity index (χ4n) is 1.45. The summed E-state index contributed by atoms with van der Waals surface area (Å²) in [6.07, 6.45) is 2.52. The van der Waals surface area contributed by atoms with E-state index in [4.69, 9.17) is 4.74 Å². The molecule has 0 aliphatic carbocycles. The summed E-state index contributed by atoms with van der Waals surface area (Å²) in [6, 6.07) is 0. The molecule has 0 spiro atoms. The summed E-state index contributed by atoms with van der Waals surface area (Å²) >= 11 is 0. The molecular formula is C11H19N3O3. The number of ether oxygens (including phenoxy) is 1. The van der Waals surface area contributed by atoms with Crippen molar-refractivity contribution in [3.05, 3.63) is 32.6 Å². The second kappa shape index (κ2) is 7.03. The Balaban J connectivity index is 2.39. The topological polar surface area (TPSA) is 76.1 Å². The van der Waals surface area contributed by atoms with Gasteiger partial charge in [-0.2, -0.15) is 0 Å². The van der Waals surface area contributed by atoms with Gasteiger partial charge >= 0.3 is 5.69 Å². The van der Waals surface area contributed by atoms with Gasteiger partial charge in [-0.25, -0.2) is 4.79 Å². The van der Waals surface area contributed by atoms with Gasteiger partial charge in [0.2, 0.25) is 0 Å². The van der Waals surface area contributed by atoms with Crippen LogP contribution in [0, 0.1) is 6.92 Å². The van der Waals surface area contributed by atoms with Crippen molar-refractivity contribution in [2.45, 2.75) is 19.9 Å². The van der Waals surface area contributed by atoms with Crippen LogP contribution in [0.15, 0.2) is 15.8 Å². The molecule has 0 saturated carbocycles. The van der Waals surface area contributed by atoms with Crippen molar-refractivity contribution in [2.24, 2.45) is 0 Å². The summed E-state index contributed by atoms with van der Waals surface area (Å²) in [7, 11) is 1.67. The lowest BCUT2D eigenvalue weighted by molar-refractivity contribution is 0.194. The predicted molar refractivity (Wildman–Crippen MR) is 65.4 cm³/mol. The van der Waals surface area contributed by atoms with Gasteiger partial charge in [-0.05, 0) is 19.9 Å². The minimum Gasteiger partial charge on any atom is -0.385 e. The zero-order chi connectivity index (χ0) is 12.7. The molecule has 0 aliphatic rings. The normalized spacial score (nSPS) is 10.7. The molecule has 0 radical (unpaired) electrons. The van der Waals surface area contributed by atoms with E-state index in [1.807, 2.05) is 0 Å². The first-order valence-corrected chi connectivity index (χ1v) is 5.65. The maximum Gasteiger partial charge on any atom is 0.328 e. The number of aromatic amines is 1. The van der Waals surface area contributed by atoms with Gasteiger partial charge < -0.3 is 10.1 Å². The van der Waals surface area contributed by atoms with E-state index >= 15 is 0 Å². The zero-order valence-corrected chi connectivity index (χ0v) is 10.3. The largest absolute Gasteiger partial charge is 0.385 e. The number of hydrogen-bond donors (Lipinski definition) is 2. The van der Waals surface area contributed by atoms with Crippen molar-refractivity contribution in [2.75, 3.05) is 26.8 Å². The summed E-state index contributed by atoms with van der Waals surface area (Å²) in [5.41, 5.74) is -0.137. The monoisotopic (exact) mass is 241 g/mol. The molecule has 6 nitrogen and oxygen atoms in total.